The molecule has 2 rings (SSSR count). The van der Waals surface area contributed by atoms with E-state index in [0.29, 0.717) is 17.2 Å². The summed E-state index contributed by atoms with van der Waals surface area (Å²) in [5, 5.41) is 13.0. The average molecular weight is 223 g/mol. The minimum Gasteiger partial charge on any atom is -0.508 e. The number of phenolic OH excluding ortho intramolecular Hbond substituents is 1. The molecule has 1 aliphatic heterocycles. The molecule has 2 nitrogen and oxygen atoms in total. The second-order valence-corrected chi connectivity index (χ2v) is 4.49. The van der Waals surface area contributed by atoms with Crippen molar-refractivity contribution in [3.8, 4) is 5.75 Å². The van der Waals surface area contributed by atoms with Crippen LogP contribution in [0.5, 0.6) is 5.75 Å². The van der Waals surface area contributed by atoms with Crippen molar-refractivity contribution in [2.45, 2.75) is 25.9 Å². The van der Waals surface area contributed by atoms with E-state index in [2.05, 4.69) is 5.32 Å². The van der Waals surface area contributed by atoms with Crippen LogP contribution in [0.2, 0.25) is 0 Å². The molecule has 1 heterocycles. The maximum atomic E-state index is 12.5. The second kappa shape index (κ2) is 5.30. The first kappa shape index (κ1) is 11.4. The van der Waals surface area contributed by atoms with Gasteiger partial charge in [0.25, 0.3) is 0 Å². The van der Waals surface area contributed by atoms with Crippen LogP contribution in [0.15, 0.2) is 18.2 Å². The van der Waals surface area contributed by atoms with E-state index in [4.69, 9.17) is 0 Å². The zero-order valence-electron chi connectivity index (χ0n) is 9.38. The highest BCUT2D eigenvalue weighted by Crippen LogP contribution is 2.25. The Labute approximate surface area is 95.5 Å². The molecular formula is C13H18FNO. The third kappa shape index (κ3) is 2.73. The summed E-state index contributed by atoms with van der Waals surface area (Å²) >= 11 is 0. The first-order chi connectivity index (χ1) is 7.79. The molecule has 1 aromatic carbocycles. The standard InChI is InChI=1S/C13H18FNO/c14-9-11-1-2-13(16)12(8-11)7-10-3-5-15-6-4-10/h1-2,8,10,15-16H,3-7,9H2. The topological polar surface area (TPSA) is 32.3 Å². The Balaban J connectivity index is 2.06. The van der Waals surface area contributed by atoms with Gasteiger partial charge in [-0.2, -0.15) is 0 Å². The number of rotatable bonds is 3. The van der Waals surface area contributed by atoms with Crippen LogP contribution in [-0.4, -0.2) is 18.2 Å². The fourth-order valence-corrected chi connectivity index (χ4v) is 2.28. The highest BCUT2D eigenvalue weighted by molar-refractivity contribution is 5.36. The largest absolute Gasteiger partial charge is 0.508 e. The number of aromatic hydroxyl groups is 1. The smallest absolute Gasteiger partial charge is 0.118 e. The van der Waals surface area contributed by atoms with Crippen molar-refractivity contribution in [1.29, 1.82) is 0 Å². The van der Waals surface area contributed by atoms with Crippen LogP contribution < -0.4 is 5.32 Å². The molecule has 0 radical (unpaired) electrons. The van der Waals surface area contributed by atoms with Gasteiger partial charge in [-0.1, -0.05) is 6.07 Å². The summed E-state index contributed by atoms with van der Waals surface area (Å²) in [5.74, 6) is 0.915. The molecule has 0 unspecified atom stereocenters. The van der Waals surface area contributed by atoms with Crippen molar-refractivity contribution >= 4 is 0 Å². The lowest BCUT2D eigenvalue weighted by atomic mass is 9.90. The molecule has 0 atom stereocenters. The van der Waals surface area contributed by atoms with Crippen LogP contribution >= 0.6 is 0 Å². The lowest BCUT2D eigenvalue weighted by Gasteiger charge is -2.23. The minimum absolute atomic E-state index is 0.302. The number of piperidine rings is 1. The predicted molar refractivity (Wildman–Crippen MR) is 62.2 cm³/mol. The van der Waals surface area contributed by atoms with Gasteiger partial charge < -0.3 is 10.4 Å². The summed E-state index contributed by atoms with van der Waals surface area (Å²) in [6.45, 7) is 1.64. The molecular weight excluding hydrogens is 205 g/mol. The molecule has 16 heavy (non-hydrogen) atoms. The first-order valence-electron chi connectivity index (χ1n) is 5.87. The summed E-state index contributed by atoms with van der Waals surface area (Å²) in [6, 6.07) is 5.03. The van der Waals surface area contributed by atoms with Crippen molar-refractivity contribution in [3.63, 3.8) is 0 Å². The van der Waals surface area contributed by atoms with Crippen molar-refractivity contribution in [3.05, 3.63) is 29.3 Å². The number of hydrogen-bond donors (Lipinski definition) is 2. The summed E-state index contributed by atoms with van der Waals surface area (Å²) in [6.07, 6.45) is 3.14. The summed E-state index contributed by atoms with van der Waals surface area (Å²) in [4.78, 5) is 0. The van der Waals surface area contributed by atoms with Gasteiger partial charge in [-0.05, 0) is 61.5 Å². The Morgan fingerprint density at radius 3 is 2.75 bits per heavy atom. The number of benzene rings is 1. The van der Waals surface area contributed by atoms with E-state index in [9.17, 15) is 9.50 Å². The quantitative estimate of drug-likeness (QED) is 0.824. The van der Waals surface area contributed by atoms with Crippen molar-refractivity contribution in [2.75, 3.05) is 13.1 Å². The maximum Gasteiger partial charge on any atom is 0.118 e. The van der Waals surface area contributed by atoms with E-state index < -0.39 is 6.67 Å². The summed E-state index contributed by atoms with van der Waals surface area (Å²) in [7, 11) is 0. The lowest BCUT2D eigenvalue weighted by molar-refractivity contribution is 0.366. The number of nitrogens with one attached hydrogen (secondary N) is 1. The van der Waals surface area contributed by atoms with Gasteiger partial charge in [0.1, 0.15) is 12.4 Å². The van der Waals surface area contributed by atoms with Gasteiger partial charge in [0.05, 0.1) is 0 Å². The number of hydrogen-bond acceptors (Lipinski definition) is 2. The van der Waals surface area contributed by atoms with E-state index in [1.165, 1.54) is 0 Å². The molecule has 0 bridgehead atoms. The lowest BCUT2D eigenvalue weighted by Crippen LogP contribution is -2.28. The van der Waals surface area contributed by atoms with Gasteiger partial charge >= 0.3 is 0 Å². The van der Waals surface area contributed by atoms with E-state index in [-0.39, 0.29) is 0 Å². The van der Waals surface area contributed by atoms with Gasteiger partial charge in [-0.25, -0.2) is 4.39 Å². The Morgan fingerprint density at radius 1 is 1.31 bits per heavy atom. The van der Waals surface area contributed by atoms with Crippen molar-refractivity contribution in [2.24, 2.45) is 5.92 Å². The fourth-order valence-electron chi connectivity index (χ4n) is 2.28. The normalized spacial score (nSPS) is 17.6. The molecule has 0 aliphatic carbocycles. The zero-order chi connectivity index (χ0) is 11.4. The Bertz CT molecular complexity index is 348. The third-order valence-electron chi connectivity index (χ3n) is 3.27. The highest BCUT2D eigenvalue weighted by atomic mass is 19.1. The molecule has 1 fully saturated rings. The van der Waals surface area contributed by atoms with Crippen LogP contribution in [0.4, 0.5) is 4.39 Å². The second-order valence-electron chi connectivity index (χ2n) is 4.49. The number of alkyl halides is 1. The SMILES string of the molecule is Oc1ccc(CF)cc1CC1CCNCC1. The summed E-state index contributed by atoms with van der Waals surface area (Å²) in [5.41, 5.74) is 1.55. The van der Waals surface area contributed by atoms with Gasteiger partial charge in [-0.3, -0.25) is 0 Å². The van der Waals surface area contributed by atoms with Gasteiger partial charge in [0, 0.05) is 0 Å². The molecule has 2 N–H and O–H groups in total. The molecule has 3 heteroatoms. The average Bonchev–Trinajstić information content (AvgIpc) is 2.33. The van der Waals surface area contributed by atoms with Crippen molar-refractivity contribution < 1.29 is 9.50 Å². The highest BCUT2D eigenvalue weighted by Gasteiger charge is 2.15. The van der Waals surface area contributed by atoms with Crippen LogP contribution in [0.25, 0.3) is 0 Å². The maximum absolute atomic E-state index is 12.5. The fraction of sp³-hybridized carbons (Fsp3) is 0.538. The Kier molecular flexibility index (Phi) is 3.78. The van der Waals surface area contributed by atoms with Crippen LogP contribution in [0.1, 0.15) is 24.0 Å². The number of phenols is 1. The van der Waals surface area contributed by atoms with Gasteiger partial charge in [0.15, 0.2) is 0 Å². The predicted octanol–water partition coefficient (Wildman–Crippen LogP) is 2.40. The molecule has 0 aromatic heterocycles. The number of halogens is 1. The van der Waals surface area contributed by atoms with E-state index in [1.54, 1.807) is 18.2 Å². The van der Waals surface area contributed by atoms with Gasteiger partial charge in [-0.15, -0.1) is 0 Å². The first-order valence-corrected chi connectivity index (χ1v) is 5.87. The summed E-state index contributed by atoms with van der Waals surface area (Å²) < 4.78 is 12.5. The molecule has 1 saturated heterocycles. The minimum atomic E-state index is -0.459. The molecule has 88 valence electrons. The Hall–Kier alpha value is -1.09. The molecule has 1 aromatic rings. The van der Waals surface area contributed by atoms with Crippen LogP contribution in [0, 0.1) is 5.92 Å². The zero-order valence-corrected chi connectivity index (χ0v) is 9.38. The monoisotopic (exact) mass is 223 g/mol. The van der Waals surface area contributed by atoms with Crippen molar-refractivity contribution in [1.82, 2.24) is 5.32 Å². The molecule has 1 aliphatic rings. The Morgan fingerprint density at radius 2 is 2.06 bits per heavy atom. The molecule has 0 saturated carbocycles. The molecule has 0 amide bonds. The van der Waals surface area contributed by atoms with E-state index >= 15 is 0 Å². The van der Waals surface area contributed by atoms with E-state index in [1.807, 2.05) is 0 Å². The van der Waals surface area contributed by atoms with Gasteiger partial charge in [0.2, 0.25) is 0 Å². The van der Waals surface area contributed by atoms with Crippen LogP contribution in [-0.2, 0) is 13.1 Å². The van der Waals surface area contributed by atoms with E-state index in [0.717, 1.165) is 37.9 Å². The van der Waals surface area contributed by atoms with Crippen LogP contribution in [0.3, 0.4) is 0 Å². The third-order valence-corrected chi connectivity index (χ3v) is 3.27. The molecule has 0 spiro atoms.